The first-order valence-corrected chi connectivity index (χ1v) is 7.14. The molecule has 0 bridgehead atoms. The van der Waals surface area contributed by atoms with E-state index >= 15 is 0 Å². The molecule has 0 amide bonds. The largest absolute Gasteiger partial charge is 0.289 e. The second-order valence-electron chi connectivity index (χ2n) is 5.40. The summed E-state index contributed by atoms with van der Waals surface area (Å²) in [6, 6.07) is 22.4. The van der Waals surface area contributed by atoms with Crippen molar-refractivity contribution in [2.45, 2.75) is 6.42 Å². The van der Waals surface area contributed by atoms with Crippen molar-refractivity contribution in [3.05, 3.63) is 89.0 Å². The minimum absolute atomic E-state index is 0.165. The molecule has 0 spiro atoms. The third-order valence-corrected chi connectivity index (χ3v) is 4.09. The van der Waals surface area contributed by atoms with Crippen molar-refractivity contribution < 1.29 is 4.79 Å². The molecule has 0 N–H and O–H groups in total. The van der Waals surface area contributed by atoms with Gasteiger partial charge in [0.2, 0.25) is 0 Å². The number of hydrogen-bond donors (Lipinski definition) is 0. The summed E-state index contributed by atoms with van der Waals surface area (Å²) >= 11 is 0. The molecule has 0 aromatic heterocycles. The molecule has 100 valence electrons. The number of allylic oxidation sites excluding steroid dienone is 1. The second-order valence-corrected chi connectivity index (χ2v) is 5.40. The van der Waals surface area contributed by atoms with Crippen LogP contribution in [0.3, 0.4) is 0 Å². The van der Waals surface area contributed by atoms with Crippen LogP contribution < -0.4 is 0 Å². The molecule has 1 aliphatic rings. The fourth-order valence-corrected chi connectivity index (χ4v) is 3.04. The fraction of sp³-hybridized carbons (Fsp3) is 0.0500. The van der Waals surface area contributed by atoms with Gasteiger partial charge in [-0.05, 0) is 28.0 Å². The van der Waals surface area contributed by atoms with Gasteiger partial charge in [0.1, 0.15) is 0 Å². The zero-order valence-corrected chi connectivity index (χ0v) is 11.5. The Morgan fingerprint density at radius 2 is 1.57 bits per heavy atom. The first kappa shape index (κ1) is 12.1. The van der Waals surface area contributed by atoms with Crippen LogP contribution in [0.1, 0.15) is 21.5 Å². The summed E-state index contributed by atoms with van der Waals surface area (Å²) < 4.78 is 0. The van der Waals surface area contributed by atoms with Crippen molar-refractivity contribution in [3.8, 4) is 0 Å². The molecule has 4 rings (SSSR count). The van der Waals surface area contributed by atoms with Crippen LogP contribution in [-0.2, 0) is 6.42 Å². The first-order valence-electron chi connectivity index (χ1n) is 7.14. The molecule has 0 fully saturated rings. The Morgan fingerprint density at radius 3 is 2.48 bits per heavy atom. The third-order valence-electron chi connectivity index (χ3n) is 4.09. The number of ketones is 1. The van der Waals surface area contributed by atoms with Gasteiger partial charge in [0.05, 0.1) is 0 Å². The van der Waals surface area contributed by atoms with Crippen molar-refractivity contribution >= 4 is 22.6 Å². The Balaban J connectivity index is 1.84. The zero-order chi connectivity index (χ0) is 14.2. The number of hydrogen-bond acceptors (Lipinski definition) is 1. The van der Waals surface area contributed by atoms with Crippen molar-refractivity contribution in [2.75, 3.05) is 0 Å². The normalized spacial score (nSPS) is 15.6. The van der Waals surface area contributed by atoms with E-state index in [1.807, 2.05) is 48.5 Å². The lowest BCUT2D eigenvalue weighted by atomic mass is 10.0. The summed E-state index contributed by atoms with van der Waals surface area (Å²) in [6.45, 7) is 0. The number of Topliss-reactive ketones (excluding diaryl/α,β-unsaturated/α-hetero) is 1. The highest BCUT2D eigenvalue weighted by Gasteiger charge is 2.23. The van der Waals surface area contributed by atoms with Gasteiger partial charge in [-0.25, -0.2) is 0 Å². The maximum Gasteiger partial charge on any atom is 0.189 e. The third kappa shape index (κ3) is 1.98. The van der Waals surface area contributed by atoms with Gasteiger partial charge >= 0.3 is 0 Å². The summed E-state index contributed by atoms with van der Waals surface area (Å²) in [4.78, 5) is 12.5. The minimum Gasteiger partial charge on any atom is -0.289 e. The predicted molar refractivity (Wildman–Crippen MR) is 86.4 cm³/mol. The number of rotatable bonds is 1. The van der Waals surface area contributed by atoms with Crippen LogP contribution in [0.4, 0.5) is 0 Å². The molecule has 0 atom stereocenters. The van der Waals surface area contributed by atoms with Crippen LogP contribution in [0.5, 0.6) is 0 Å². The van der Waals surface area contributed by atoms with Gasteiger partial charge in [-0.3, -0.25) is 4.79 Å². The topological polar surface area (TPSA) is 17.1 Å². The maximum atomic E-state index is 12.5. The molecule has 1 heteroatoms. The Bertz CT molecular complexity index is 882. The highest BCUT2D eigenvalue weighted by Crippen LogP contribution is 2.29. The second kappa shape index (κ2) is 4.71. The van der Waals surface area contributed by atoms with E-state index in [2.05, 4.69) is 24.3 Å². The lowest BCUT2D eigenvalue weighted by molar-refractivity contribution is 0.104. The van der Waals surface area contributed by atoms with Gasteiger partial charge in [0.15, 0.2) is 5.78 Å². The summed E-state index contributed by atoms with van der Waals surface area (Å²) in [7, 11) is 0. The van der Waals surface area contributed by atoms with E-state index in [1.54, 1.807) is 0 Å². The monoisotopic (exact) mass is 270 g/mol. The van der Waals surface area contributed by atoms with E-state index in [0.29, 0.717) is 0 Å². The summed E-state index contributed by atoms with van der Waals surface area (Å²) in [5.74, 6) is 0.165. The molecule has 0 saturated carbocycles. The van der Waals surface area contributed by atoms with Gasteiger partial charge in [-0.15, -0.1) is 0 Å². The molecule has 0 heterocycles. The van der Waals surface area contributed by atoms with E-state index in [9.17, 15) is 4.79 Å². The van der Waals surface area contributed by atoms with Crippen molar-refractivity contribution in [2.24, 2.45) is 0 Å². The molecule has 3 aromatic rings. The van der Waals surface area contributed by atoms with E-state index in [4.69, 9.17) is 0 Å². The smallest absolute Gasteiger partial charge is 0.189 e. The molecule has 1 aliphatic carbocycles. The van der Waals surface area contributed by atoms with E-state index in [1.165, 1.54) is 10.8 Å². The van der Waals surface area contributed by atoms with Crippen LogP contribution >= 0.6 is 0 Å². The van der Waals surface area contributed by atoms with Crippen LogP contribution in [0.25, 0.3) is 16.8 Å². The van der Waals surface area contributed by atoms with Crippen LogP contribution in [0.15, 0.2) is 72.3 Å². The predicted octanol–water partition coefficient (Wildman–Crippen LogP) is 4.66. The van der Waals surface area contributed by atoms with E-state index in [0.717, 1.165) is 28.7 Å². The van der Waals surface area contributed by atoms with Gasteiger partial charge in [0.25, 0.3) is 0 Å². The number of benzene rings is 3. The quantitative estimate of drug-likeness (QED) is 0.588. The first-order chi connectivity index (χ1) is 10.3. The Kier molecular flexibility index (Phi) is 2.71. The van der Waals surface area contributed by atoms with Crippen LogP contribution in [0.2, 0.25) is 0 Å². The maximum absolute atomic E-state index is 12.5. The van der Waals surface area contributed by atoms with Gasteiger partial charge < -0.3 is 0 Å². The molecule has 0 aliphatic heterocycles. The van der Waals surface area contributed by atoms with Crippen molar-refractivity contribution in [3.63, 3.8) is 0 Å². The summed E-state index contributed by atoms with van der Waals surface area (Å²) in [5, 5.41) is 2.39. The van der Waals surface area contributed by atoms with Crippen LogP contribution in [0, 0.1) is 0 Å². The average Bonchev–Trinajstić information content (AvgIpc) is 2.85. The van der Waals surface area contributed by atoms with Gasteiger partial charge in [0, 0.05) is 17.6 Å². The van der Waals surface area contributed by atoms with E-state index in [-0.39, 0.29) is 5.78 Å². The Morgan fingerprint density at radius 1 is 0.810 bits per heavy atom. The van der Waals surface area contributed by atoms with Gasteiger partial charge in [-0.1, -0.05) is 66.7 Å². The lowest BCUT2D eigenvalue weighted by Gasteiger charge is -2.03. The van der Waals surface area contributed by atoms with Crippen LogP contribution in [-0.4, -0.2) is 5.78 Å². The minimum atomic E-state index is 0.165. The molecule has 0 radical (unpaired) electrons. The van der Waals surface area contributed by atoms with Crippen molar-refractivity contribution in [1.82, 2.24) is 0 Å². The number of carbonyl (C=O) groups is 1. The molecular formula is C20H14O. The molecule has 3 aromatic carbocycles. The molecule has 21 heavy (non-hydrogen) atoms. The standard InChI is InChI=1S/C20H14O/c21-20-17(13-16-7-2-4-11-19(16)20)12-15-9-5-8-14-6-1-3-10-18(14)15/h1-12H,13H2/b17-12-. The molecular weight excluding hydrogens is 256 g/mol. The van der Waals surface area contributed by atoms with Crippen molar-refractivity contribution in [1.29, 1.82) is 0 Å². The lowest BCUT2D eigenvalue weighted by Crippen LogP contribution is -1.95. The van der Waals surface area contributed by atoms with E-state index < -0.39 is 0 Å². The number of fused-ring (bicyclic) bond motifs is 2. The average molecular weight is 270 g/mol. The summed E-state index contributed by atoms with van der Waals surface area (Å²) in [6.07, 6.45) is 2.78. The summed E-state index contributed by atoms with van der Waals surface area (Å²) in [5.41, 5.74) is 3.98. The number of carbonyl (C=O) groups excluding carboxylic acids is 1. The molecule has 0 saturated heterocycles. The fourth-order valence-electron chi connectivity index (χ4n) is 3.04. The highest BCUT2D eigenvalue weighted by molar-refractivity contribution is 6.16. The Labute approximate surface area is 123 Å². The SMILES string of the molecule is O=C1/C(=C\c2cccc3ccccc23)Cc2ccccc21. The zero-order valence-electron chi connectivity index (χ0n) is 11.5. The molecule has 1 nitrogen and oxygen atoms in total. The molecule has 0 unspecified atom stereocenters. The highest BCUT2D eigenvalue weighted by atomic mass is 16.1. The Hall–Kier alpha value is -2.67. The van der Waals surface area contributed by atoms with Gasteiger partial charge in [-0.2, -0.15) is 0 Å².